The summed E-state index contributed by atoms with van der Waals surface area (Å²) in [7, 11) is 1.49. The summed E-state index contributed by atoms with van der Waals surface area (Å²) in [4.78, 5) is 2.04. The summed E-state index contributed by atoms with van der Waals surface area (Å²) < 4.78 is 19.3. The smallest absolute Gasteiger partial charge is 0.163 e. The molecule has 1 saturated heterocycles. The summed E-state index contributed by atoms with van der Waals surface area (Å²) in [5.74, 6) is 0.379. The number of piperazine rings is 1. The number of hydrogen-bond donors (Lipinski definition) is 2. The third-order valence-electron chi connectivity index (χ3n) is 3.42. The Morgan fingerprint density at radius 3 is 2.52 bits per heavy atom. The molecule has 1 atom stereocenters. The zero-order valence-electron chi connectivity index (χ0n) is 11.6. The van der Waals surface area contributed by atoms with Crippen LogP contribution in [-0.4, -0.2) is 50.0 Å². The van der Waals surface area contributed by atoms with Crippen LogP contribution in [-0.2, 0) is 0 Å². The van der Waals surface area contributed by atoms with E-state index in [1.54, 1.807) is 12.1 Å². The fraction of sp³-hybridized carbons (Fsp3) is 0.538. The zero-order chi connectivity index (χ0) is 13.8. The van der Waals surface area contributed by atoms with Gasteiger partial charge < -0.3 is 15.2 Å². The van der Waals surface area contributed by atoms with Crippen molar-refractivity contribution in [2.45, 2.75) is 6.04 Å². The Balaban J connectivity index is 0.00000200. The van der Waals surface area contributed by atoms with Crippen molar-refractivity contribution in [3.8, 4) is 11.5 Å². The number of nitrogens with zero attached hydrogens (tertiary/aromatic N) is 1. The van der Waals surface area contributed by atoms with Crippen molar-refractivity contribution in [2.75, 3.05) is 40.0 Å². The van der Waals surface area contributed by atoms with Crippen molar-refractivity contribution in [3.63, 3.8) is 0 Å². The van der Waals surface area contributed by atoms with Crippen LogP contribution in [0.2, 0.25) is 0 Å². The summed E-state index contributed by atoms with van der Waals surface area (Å²) in [6.07, 6.45) is 0. The first-order valence-corrected chi connectivity index (χ1v) is 7.04. The first kappa shape index (κ1) is 20.7. The number of halogens is 4. The van der Waals surface area contributed by atoms with Crippen LogP contribution in [0.25, 0.3) is 0 Å². The highest BCUT2D eigenvalue weighted by molar-refractivity contribution is 9.10. The third kappa shape index (κ3) is 4.60. The van der Waals surface area contributed by atoms with Crippen LogP contribution in [0, 0.1) is 0 Å². The molecule has 1 aliphatic rings. The number of alkyl halides is 1. The van der Waals surface area contributed by atoms with Crippen LogP contribution in [0.5, 0.6) is 11.5 Å². The summed E-state index contributed by atoms with van der Waals surface area (Å²) >= 11 is 3.39. The van der Waals surface area contributed by atoms with Crippen molar-refractivity contribution in [3.05, 3.63) is 22.2 Å². The normalized spacial score (nSPS) is 16.5. The summed E-state index contributed by atoms with van der Waals surface area (Å²) in [6.45, 7) is 2.65. The first-order valence-electron chi connectivity index (χ1n) is 6.25. The van der Waals surface area contributed by atoms with Gasteiger partial charge in [0, 0.05) is 36.2 Å². The molecule has 122 valence electrons. The molecule has 4 nitrogen and oxygen atoms in total. The minimum absolute atomic E-state index is 0. The summed E-state index contributed by atoms with van der Waals surface area (Å²) in [6, 6.07) is 2.99. The maximum Gasteiger partial charge on any atom is 0.163 e. The van der Waals surface area contributed by atoms with E-state index in [1.807, 2.05) is 4.90 Å². The molecule has 0 spiro atoms. The average molecular weight is 406 g/mol. The Labute approximate surface area is 145 Å². The molecule has 0 aliphatic carbocycles. The molecule has 1 aromatic carbocycles. The minimum Gasteiger partial charge on any atom is -0.504 e. The minimum atomic E-state index is -0.542. The van der Waals surface area contributed by atoms with E-state index >= 15 is 0 Å². The van der Waals surface area contributed by atoms with E-state index in [2.05, 4.69) is 21.2 Å². The van der Waals surface area contributed by atoms with Crippen LogP contribution in [0.3, 0.4) is 0 Å². The van der Waals surface area contributed by atoms with E-state index in [0.29, 0.717) is 15.8 Å². The number of methoxy groups -OCH3 is 1. The topological polar surface area (TPSA) is 44.7 Å². The fourth-order valence-corrected chi connectivity index (χ4v) is 2.98. The molecule has 21 heavy (non-hydrogen) atoms. The molecule has 8 heteroatoms. The highest BCUT2D eigenvalue weighted by atomic mass is 79.9. The Morgan fingerprint density at radius 1 is 1.38 bits per heavy atom. The SMILES string of the molecule is COc1ccc(Br)c([C@H](CF)N2CCNCC2)c1O.Cl.Cl. The van der Waals surface area contributed by atoms with Crippen LogP contribution in [0.1, 0.15) is 11.6 Å². The fourth-order valence-electron chi connectivity index (χ4n) is 2.40. The molecule has 0 aromatic heterocycles. The molecule has 1 aliphatic heterocycles. The molecular formula is C13H20BrCl2FN2O2. The molecule has 0 saturated carbocycles. The van der Waals surface area contributed by atoms with Gasteiger partial charge in [-0.15, -0.1) is 24.8 Å². The Hall–Kier alpha value is -0.270. The van der Waals surface area contributed by atoms with E-state index in [9.17, 15) is 9.50 Å². The Bertz CT molecular complexity index is 448. The highest BCUT2D eigenvalue weighted by Crippen LogP contribution is 2.41. The van der Waals surface area contributed by atoms with Gasteiger partial charge in [0.05, 0.1) is 13.2 Å². The lowest BCUT2D eigenvalue weighted by Gasteiger charge is -2.34. The van der Waals surface area contributed by atoms with Gasteiger partial charge in [-0.05, 0) is 12.1 Å². The van der Waals surface area contributed by atoms with Gasteiger partial charge >= 0.3 is 0 Å². The van der Waals surface area contributed by atoms with Crippen LogP contribution in [0.4, 0.5) is 4.39 Å². The number of nitrogens with one attached hydrogen (secondary N) is 1. The Morgan fingerprint density at radius 2 is 2.00 bits per heavy atom. The number of hydrogen-bond acceptors (Lipinski definition) is 4. The maximum atomic E-state index is 13.5. The molecule has 0 unspecified atom stereocenters. The standard InChI is InChI=1S/C13H18BrFN2O2.2ClH/c1-19-11-3-2-9(14)12(13(11)18)10(8-15)17-6-4-16-5-7-17;;/h2-3,10,16,18H,4-8H2,1H3;2*1H/t10-;;/m0../s1. The third-order valence-corrected chi connectivity index (χ3v) is 4.11. The number of ether oxygens (including phenoxy) is 1. The Kier molecular flexibility index (Phi) is 9.56. The number of aromatic hydroxyl groups is 1. The van der Waals surface area contributed by atoms with Crippen molar-refractivity contribution in [2.24, 2.45) is 0 Å². The van der Waals surface area contributed by atoms with E-state index in [4.69, 9.17) is 4.74 Å². The molecule has 0 bridgehead atoms. The average Bonchev–Trinajstić information content (AvgIpc) is 2.44. The summed E-state index contributed by atoms with van der Waals surface area (Å²) in [5.41, 5.74) is 0.559. The number of phenols is 1. The van der Waals surface area contributed by atoms with Crippen LogP contribution in [0.15, 0.2) is 16.6 Å². The lowest BCUT2D eigenvalue weighted by Crippen LogP contribution is -2.45. The van der Waals surface area contributed by atoms with Gasteiger partial charge in [-0.3, -0.25) is 4.90 Å². The lowest BCUT2D eigenvalue weighted by molar-refractivity contribution is 0.144. The molecule has 2 rings (SSSR count). The molecule has 0 radical (unpaired) electrons. The highest BCUT2D eigenvalue weighted by Gasteiger charge is 2.27. The second kappa shape index (κ2) is 9.69. The van der Waals surface area contributed by atoms with E-state index in [1.165, 1.54) is 7.11 Å². The lowest BCUT2D eigenvalue weighted by atomic mass is 10.0. The van der Waals surface area contributed by atoms with Gasteiger partial charge in [-0.2, -0.15) is 0 Å². The quantitative estimate of drug-likeness (QED) is 0.808. The van der Waals surface area contributed by atoms with Crippen molar-refractivity contribution in [1.82, 2.24) is 10.2 Å². The predicted octanol–water partition coefficient (Wildman–Crippen LogP) is 2.92. The van der Waals surface area contributed by atoms with Crippen molar-refractivity contribution >= 4 is 40.7 Å². The summed E-state index contributed by atoms with van der Waals surface area (Å²) in [5, 5.41) is 13.5. The number of benzene rings is 1. The van der Waals surface area contributed by atoms with Crippen LogP contribution >= 0.6 is 40.7 Å². The predicted molar refractivity (Wildman–Crippen MR) is 90.0 cm³/mol. The second-order valence-electron chi connectivity index (χ2n) is 4.47. The first-order chi connectivity index (χ1) is 9.19. The molecule has 0 amide bonds. The van der Waals surface area contributed by atoms with Gasteiger partial charge in [0.2, 0.25) is 0 Å². The molecule has 1 heterocycles. The van der Waals surface area contributed by atoms with Gasteiger partial charge in [0.25, 0.3) is 0 Å². The van der Waals surface area contributed by atoms with Gasteiger partial charge in [0.1, 0.15) is 6.67 Å². The number of rotatable bonds is 4. The molecule has 1 fully saturated rings. The van der Waals surface area contributed by atoms with E-state index in [-0.39, 0.29) is 30.6 Å². The monoisotopic (exact) mass is 404 g/mol. The molecule has 1 aromatic rings. The zero-order valence-corrected chi connectivity index (χ0v) is 14.9. The maximum absolute atomic E-state index is 13.5. The molecule has 2 N–H and O–H groups in total. The van der Waals surface area contributed by atoms with Gasteiger partial charge in [-0.25, -0.2) is 4.39 Å². The van der Waals surface area contributed by atoms with Crippen LogP contribution < -0.4 is 10.1 Å². The van der Waals surface area contributed by atoms with Gasteiger partial charge in [0.15, 0.2) is 11.5 Å². The van der Waals surface area contributed by atoms with Gasteiger partial charge in [-0.1, -0.05) is 15.9 Å². The largest absolute Gasteiger partial charge is 0.504 e. The van der Waals surface area contributed by atoms with E-state index in [0.717, 1.165) is 26.2 Å². The van der Waals surface area contributed by atoms with Crippen molar-refractivity contribution in [1.29, 1.82) is 0 Å². The molecular weight excluding hydrogens is 386 g/mol. The number of phenolic OH excluding ortho intramolecular Hbond substituents is 1. The van der Waals surface area contributed by atoms with Crippen molar-refractivity contribution < 1.29 is 14.2 Å². The second-order valence-corrected chi connectivity index (χ2v) is 5.32. The van der Waals surface area contributed by atoms with E-state index < -0.39 is 12.7 Å².